The second-order valence-electron chi connectivity index (χ2n) is 13.7. The Labute approximate surface area is 279 Å². The highest BCUT2D eigenvalue weighted by atomic mass is 28.4. The van der Waals surface area contributed by atoms with Crippen LogP contribution in [0.25, 0.3) is 0 Å². The molecule has 0 aliphatic rings. The van der Waals surface area contributed by atoms with Crippen LogP contribution in [0.3, 0.4) is 0 Å². The molecule has 0 saturated carbocycles. The van der Waals surface area contributed by atoms with Gasteiger partial charge in [0.1, 0.15) is 30.0 Å². The van der Waals surface area contributed by atoms with Crippen molar-refractivity contribution >= 4 is 14.3 Å². The Morgan fingerprint density at radius 2 is 1.74 bits per heavy atom. The molecule has 0 bridgehead atoms. The molecule has 2 aromatic rings. The summed E-state index contributed by atoms with van der Waals surface area (Å²) in [6.45, 7) is 22.2. The lowest BCUT2D eigenvalue weighted by atomic mass is 9.94. The molecule has 0 aromatic heterocycles. The summed E-state index contributed by atoms with van der Waals surface area (Å²) in [6, 6.07) is 13.5. The van der Waals surface area contributed by atoms with E-state index in [0.29, 0.717) is 43.8 Å². The number of allylic oxidation sites excluding steroid dienone is 3. The van der Waals surface area contributed by atoms with Crippen LogP contribution in [0.5, 0.6) is 11.5 Å². The van der Waals surface area contributed by atoms with Gasteiger partial charge in [-0.3, -0.25) is 0 Å². The minimum Gasteiger partial charge on any atom is -0.543 e. The first-order valence-electron chi connectivity index (χ1n) is 16.3. The van der Waals surface area contributed by atoms with Crippen LogP contribution in [0.15, 0.2) is 66.8 Å². The number of hydrogen-bond donors (Lipinski definition) is 0. The van der Waals surface area contributed by atoms with Crippen LogP contribution in [-0.2, 0) is 32.0 Å². The molecule has 2 aromatic carbocycles. The number of carbonyl (C=O) groups excluding carboxylic acids is 1. The lowest BCUT2D eigenvalue weighted by Crippen LogP contribution is -2.44. The Hall–Kier alpha value is -2.91. The van der Waals surface area contributed by atoms with Crippen molar-refractivity contribution in [3.05, 3.63) is 83.5 Å². The van der Waals surface area contributed by atoms with Crippen molar-refractivity contribution in [1.82, 2.24) is 0 Å². The molecule has 256 valence electrons. The van der Waals surface area contributed by atoms with Gasteiger partial charge in [-0.15, -0.1) is 6.58 Å². The molecule has 0 amide bonds. The lowest BCUT2D eigenvalue weighted by molar-refractivity contribution is -0.104. The van der Waals surface area contributed by atoms with Crippen molar-refractivity contribution in [3.8, 4) is 11.5 Å². The predicted molar refractivity (Wildman–Crippen MR) is 189 cm³/mol. The van der Waals surface area contributed by atoms with Crippen LogP contribution in [0.2, 0.25) is 18.1 Å². The molecule has 0 aliphatic heterocycles. The minimum atomic E-state index is -2.25. The average Bonchev–Trinajstić information content (AvgIpc) is 2.99. The first-order valence-corrected chi connectivity index (χ1v) is 19.2. The highest BCUT2D eigenvalue weighted by Gasteiger charge is 2.40. The van der Waals surface area contributed by atoms with Gasteiger partial charge in [0.05, 0.1) is 26.4 Å². The zero-order chi connectivity index (χ0) is 34.3. The molecule has 0 heterocycles. The normalized spacial score (nSPS) is 13.8. The Morgan fingerprint density at radius 3 is 2.33 bits per heavy atom. The maximum absolute atomic E-state index is 14.2. The summed E-state index contributed by atoms with van der Waals surface area (Å²) < 4.78 is 35.8. The van der Waals surface area contributed by atoms with Crippen LogP contribution in [0.4, 0.5) is 0 Å². The Morgan fingerprint density at radius 1 is 1.04 bits per heavy atom. The third kappa shape index (κ3) is 12.7. The van der Waals surface area contributed by atoms with Gasteiger partial charge in [0.25, 0.3) is 8.32 Å². The number of esters is 1. The average molecular weight is 655 g/mol. The van der Waals surface area contributed by atoms with Crippen LogP contribution < -0.4 is 9.16 Å². The molecule has 3 atom stereocenters. The van der Waals surface area contributed by atoms with E-state index in [-0.39, 0.29) is 23.9 Å². The molecule has 0 fully saturated rings. The molecule has 0 spiro atoms. The Balaban J connectivity index is 2.37. The van der Waals surface area contributed by atoms with E-state index in [4.69, 9.17) is 28.1 Å². The van der Waals surface area contributed by atoms with Crippen LogP contribution in [0, 0.1) is 5.92 Å². The second-order valence-corrected chi connectivity index (χ2v) is 18.4. The van der Waals surface area contributed by atoms with Gasteiger partial charge in [0, 0.05) is 20.0 Å². The second kappa shape index (κ2) is 19.0. The van der Waals surface area contributed by atoms with Crippen molar-refractivity contribution in [3.63, 3.8) is 0 Å². The van der Waals surface area contributed by atoms with Gasteiger partial charge in [-0.25, -0.2) is 4.79 Å². The van der Waals surface area contributed by atoms with E-state index in [2.05, 4.69) is 67.3 Å². The maximum atomic E-state index is 14.2. The van der Waals surface area contributed by atoms with E-state index in [1.807, 2.05) is 42.5 Å². The SMILES string of the molecule is C=CCc1cccc(O[Si](C)(C)C(C)(C)C)c1C(=O)O[C@@H](CCOCc1ccc(OC)cc1)C[C@@H](OCOC)[C@@H](C)CC=C(C)C. The number of rotatable bonds is 20. The summed E-state index contributed by atoms with van der Waals surface area (Å²) in [5.74, 6) is 1.13. The smallest absolute Gasteiger partial charge is 0.342 e. The van der Waals surface area contributed by atoms with E-state index in [1.165, 1.54) is 5.57 Å². The summed E-state index contributed by atoms with van der Waals surface area (Å²) in [4.78, 5) is 14.2. The van der Waals surface area contributed by atoms with E-state index in [9.17, 15) is 4.79 Å². The molecule has 0 unspecified atom stereocenters. The van der Waals surface area contributed by atoms with Crippen molar-refractivity contribution < 1.29 is 32.9 Å². The summed E-state index contributed by atoms with van der Waals surface area (Å²) in [5.41, 5.74) is 3.58. The fourth-order valence-electron chi connectivity index (χ4n) is 4.66. The quantitative estimate of drug-likeness (QED) is 0.0463. The number of ether oxygens (including phenoxy) is 5. The van der Waals surface area contributed by atoms with Gasteiger partial charge < -0.3 is 28.1 Å². The van der Waals surface area contributed by atoms with E-state index in [1.54, 1.807) is 20.3 Å². The zero-order valence-electron chi connectivity index (χ0n) is 29.9. The summed E-state index contributed by atoms with van der Waals surface area (Å²) in [6.07, 6.45) is 5.73. The number of benzene rings is 2. The molecular weight excluding hydrogens is 596 g/mol. The fraction of sp³-hybridized carbons (Fsp3) is 0.553. The monoisotopic (exact) mass is 654 g/mol. The van der Waals surface area contributed by atoms with Crippen molar-refractivity contribution in [2.75, 3.05) is 27.6 Å². The standard InChI is InChI=1S/C38H58O7Si/c1-12-14-31-15-13-16-34(45-46(10,11)38(5,6)7)36(31)37(39)44-33(23-24-42-26-30-19-21-32(41-9)22-20-30)25-35(43-27-40-8)29(4)18-17-28(2)3/h12-13,15-17,19-22,29,33,35H,1,14,18,23-27H2,2-11H3/t29-,33-,35+/m0/s1. The predicted octanol–water partition coefficient (Wildman–Crippen LogP) is 9.31. The summed E-state index contributed by atoms with van der Waals surface area (Å²) in [7, 11) is 1.01. The lowest BCUT2D eigenvalue weighted by Gasteiger charge is -2.37. The van der Waals surface area contributed by atoms with E-state index >= 15 is 0 Å². The maximum Gasteiger partial charge on any atom is 0.342 e. The topological polar surface area (TPSA) is 72.5 Å². The van der Waals surface area contributed by atoms with Gasteiger partial charge >= 0.3 is 5.97 Å². The molecule has 0 radical (unpaired) electrons. The Bertz CT molecular complexity index is 1240. The first kappa shape index (κ1) is 39.3. The molecular formula is C38H58O7Si. The van der Waals surface area contributed by atoms with Gasteiger partial charge in [0.15, 0.2) is 0 Å². The number of carbonyl (C=O) groups is 1. The molecule has 2 rings (SSSR count). The zero-order valence-corrected chi connectivity index (χ0v) is 30.9. The Kier molecular flexibility index (Phi) is 16.3. The minimum absolute atomic E-state index is 0.0420. The molecule has 0 N–H and O–H groups in total. The van der Waals surface area contributed by atoms with Gasteiger partial charge in [-0.1, -0.05) is 69.7 Å². The van der Waals surface area contributed by atoms with Crippen LogP contribution in [0.1, 0.15) is 82.3 Å². The molecule has 46 heavy (non-hydrogen) atoms. The third-order valence-electron chi connectivity index (χ3n) is 8.57. The fourth-order valence-corrected chi connectivity index (χ4v) is 5.69. The number of hydrogen-bond acceptors (Lipinski definition) is 7. The highest BCUT2D eigenvalue weighted by molar-refractivity contribution is 6.74. The molecule has 8 heteroatoms. The van der Waals surface area contributed by atoms with Gasteiger partial charge in [0.2, 0.25) is 0 Å². The largest absolute Gasteiger partial charge is 0.543 e. The van der Waals surface area contributed by atoms with E-state index < -0.39 is 20.4 Å². The van der Waals surface area contributed by atoms with Crippen LogP contribution >= 0.6 is 0 Å². The van der Waals surface area contributed by atoms with Crippen molar-refractivity contribution in [2.45, 2.75) is 104 Å². The number of methoxy groups -OCH3 is 2. The van der Waals surface area contributed by atoms with Gasteiger partial charge in [-0.05, 0) is 80.1 Å². The summed E-state index contributed by atoms with van der Waals surface area (Å²) >= 11 is 0. The molecule has 0 aliphatic carbocycles. The highest BCUT2D eigenvalue weighted by Crippen LogP contribution is 2.39. The van der Waals surface area contributed by atoms with Gasteiger partial charge in [-0.2, -0.15) is 0 Å². The molecule has 0 saturated heterocycles. The third-order valence-corrected chi connectivity index (χ3v) is 12.9. The first-order chi connectivity index (χ1) is 21.7. The van der Waals surface area contributed by atoms with E-state index in [0.717, 1.165) is 23.3 Å². The van der Waals surface area contributed by atoms with Crippen molar-refractivity contribution in [2.24, 2.45) is 5.92 Å². The van der Waals surface area contributed by atoms with Crippen molar-refractivity contribution in [1.29, 1.82) is 0 Å². The molecule has 7 nitrogen and oxygen atoms in total. The summed E-state index contributed by atoms with van der Waals surface area (Å²) in [5, 5.41) is -0.0420. The van der Waals surface area contributed by atoms with Crippen LogP contribution in [-0.4, -0.2) is 54.1 Å².